The van der Waals surface area contributed by atoms with E-state index in [2.05, 4.69) is 56.9 Å². The molecule has 1 saturated heterocycles. The van der Waals surface area contributed by atoms with E-state index in [1.807, 2.05) is 0 Å². The molecule has 0 amide bonds. The molecule has 1 aliphatic rings. The zero-order valence-corrected chi connectivity index (χ0v) is 12.8. The van der Waals surface area contributed by atoms with E-state index in [9.17, 15) is 0 Å². The summed E-state index contributed by atoms with van der Waals surface area (Å²) in [6.45, 7) is 12.4. The molecule has 2 atom stereocenters. The molecule has 2 nitrogen and oxygen atoms in total. The van der Waals surface area contributed by atoms with Gasteiger partial charge in [0.2, 0.25) is 0 Å². The molecule has 0 aliphatic carbocycles. The zero-order valence-electron chi connectivity index (χ0n) is 12.8. The topological polar surface area (TPSA) is 29.3 Å². The van der Waals surface area contributed by atoms with E-state index in [0.717, 1.165) is 12.5 Å². The molecule has 2 N–H and O–H groups in total. The molecule has 1 aromatic rings. The summed E-state index contributed by atoms with van der Waals surface area (Å²) in [5.74, 6) is 0.829. The van der Waals surface area contributed by atoms with Gasteiger partial charge in [0.05, 0.1) is 0 Å². The molecule has 2 heteroatoms. The SMILES string of the molecule is CC1CCN(CC(N)c2ccc(C(C)(C)C)cc2)C1. The summed E-state index contributed by atoms with van der Waals surface area (Å²) in [6.07, 6.45) is 1.32. The number of likely N-dealkylation sites (tertiary alicyclic amines) is 1. The van der Waals surface area contributed by atoms with Crippen LogP contribution in [0.4, 0.5) is 0 Å². The van der Waals surface area contributed by atoms with E-state index in [-0.39, 0.29) is 11.5 Å². The van der Waals surface area contributed by atoms with Gasteiger partial charge in [0.1, 0.15) is 0 Å². The van der Waals surface area contributed by atoms with Crippen LogP contribution in [0.15, 0.2) is 24.3 Å². The van der Waals surface area contributed by atoms with Crippen LogP contribution < -0.4 is 5.73 Å². The standard InChI is InChI=1S/C17H28N2/c1-13-9-10-19(11-13)12-16(18)14-5-7-15(8-6-14)17(2,3)4/h5-8,13,16H,9-12,18H2,1-4H3. The van der Waals surface area contributed by atoms with Gasteiger partial charge >= 0.3 is 0 Å². The molecule has 0 radical (unpaired) electrons. The number of hydrogen-bond donors (Lipinski definition) is 1. The van der Waals surface area contributed by atoms with Crippen LogP contribution in [0, 0.1) is 5.92 Å². The molecule has 106 valence electrons. The highest BCUT2D eigenvalue weighted by Crippen LogP contribution is 2.24. The van der Waals surface area contributed by atoms with E-state index < -0.39 is 0 Å². The first kappa shape index (κ1) is 14.5. The minimum atomic E-state index is 0.138. The van der Waals surface area contributed by atoms with Crippen LogP contribution in [-0.4, -0.2) is 24.5 Å². The Labute approximate surface area is 118 Å². The summed E-state index contributed by atoms with van der Waals surface area (Å²) in [7, 11) is 0. The van der Waals surface area contributed by atoms with Crippen molar-refractivity contribution in [1.29, 1.82) is 0 Å². The maximum Gasteiger partial charge on any atom is 0.0424 e. The monoisotopic (exact) mass is 260 g/mol. The highest BCUT2D eigenvalue weighted by atomic mass is 15.2. The fraction of sp³-hybridized carbons (Fsp3) is 0.647. The second-order valence-electron chi connectivity index (χ2n) is 7.13. The molecule has 0 spiro atoms. The van der Waals surface area contributed by atoms with Crippen LogP contribution in [0.1, 0.15) is 51.3 Å². The molecule has 19 heavy (non-hydrogen) atoms. The van der Waals surface area contributed by atoms with Crippen LogP contribution in [0.5, 0.6) is 0 Å². The maximum absolute atomic E-state index is 6.34. The predicted molar refractivity (Wildman–Crippen MR) is 82.3 cm³/mol. The molecule has 1 aromatic carbocycles. The van der Waals surface area contributed by atoms with Gasteiger partial charge in [-0.3, -0.25) is 0 Å². The van der Waals surface area contributed by atoms with E-state index in [1.165, 1.54) is 30.6 Å². The van der Waals surface area contributed by atoms with Crippen molar-refractivity contribution in [3.8, 4) is 0 Å². The molecule has 1 heterocycles. The van der Waals surface area contributed by atoms with Crippen LogP contribution in [-0.2, 0) is 5.41 Å². The first-order chi connectivity index (χ1) is 8.86. The molecule has 0 bridgehead atoms. The third-order valence-corrected chi connectivity index (χ3v) is 4.17. The predicted octanol–water partition coefficient (Wildman–Crippen LogP) is 3.33. The van der Waals surface area contributed by atoms with E-state index in [1.54, 1.807) is 0 Å². The summed E-state index contributed by atoms with van der Waals surface area (Å²) in [5, 5.41) is 0. The molecular weight excluding hydrogens is 232 g/mol. The fourth-order valence-corrected chi connectivity index (χ4v) is 2.81. The van der Waals surface area contributed by atoms with Gasteiger partial charge in [-0.25, -0.2) is 0 Å². The number of nitrogens with zero attached hydrogens (tertiary/aromatic N) is 1. The quantitative estimate of drug-likeness (QED) is 0.903. The molecule has 0 aromatic heterocycles. The van der Waals surface area contributed by atoms with Crippen molar-refractivity contribution in [1.82, 2.24) is 4.90 Å². The van der Waals surface area contributed by atoms with Crippen molar-refractivity contribution in [2.45, 2.75) is 45.6 Å². The lowest BCUT2D eigenvalue weighted by Gasteiger charge is -2.23. The molecular formula is C17H28N2. The van der Waals surface area contributed by atoms with Crippen molar-refractivity contribution in [3.63, 3.8) is 0 Å². The number of nitrogens with two attached hydrogens (primary N) is 1. The number of hydrogen-bond acceptors (Lipinski definition) is 2. The number of benzene rings is 1. The Kier molecular flexibility index (Phi) is 4.32. The Bertz CT molecular complexity index is 402. The average Bonchev–Trinajstić information content (AvgIpc) is 2.74. The smallest absolute Gasteiger partial charge is 0.0424 e. The van der Waals surface area contributed by atoms with Crippen molar-refractivity contribution >= 4 is 0 Å². The van der Waals surface area contributed by atoms with E-state index in [4.69, 9.17) is 5.73 Å². The first-order valence-corrected chi connectivity index (χ1v) is 7.44. The van der Waals surface area contributed by atoms with Gasteiger partial charge in [-0.05, 0) is 35.4 Å². The normalized spacial score (nSPS) is 22.7. The van der Waals surface area contributed by atoms with Gasteiger partial charge in [-0.2, -0.15) is 0 Å². The third kappa shape index (κ3) is 3.80. The highest BCUT2D eigenvalue weighted by Gasteiger charge is 2.21. The molecule has 1 aliphatic heterocycles. The van der Waals surface area contributed by atoms with Crippen molar-refractivity contribution in [2.75, 3.05) is 19.6 Å². The van der Waals surface area contributed by atoms with Gasteiger partial charge in [0.25, 0.3) is 0 Å². The lowest BCUT2D eigenvalue weighted by molar-refractivity contribution is 0.306. The fourth-order valence-electron chi connectivity index (χ4n) is 2.81. The second-order valence-corrected chi connectivity index (χ2v) is 7.13. The summed E-state index contributed by atoms with van der Waals surface area (Å²) in [4.78, 5) is 2.49. The van der Waals surface area contributed by atoms with Crippen LogP contribution in [0.25, 0.3) is 0 Å². The first-order valence-electron chi connectivity index (χ1n) is 7.44. The third-order valence-electron chi connectivity index (χ3n) is 4.17. The minimum absolute atomic E-state index is 0.138. The summed E-state index contributed by atoms with van der Waals surface area (Å²) >= 11 is 0. The maximum atomic E-state index is 6.34. The minimum Gasteiger partial charge on any atom is -0.323 e. The molecule has 0 saturated carbocycles. The van der Waals surface area contributed by atoms with Gasteiger partial charge in [0.15, 0.2) is 0 Å². The lowest BCUT2D eigenvalue weighted by Crippen LogP contribution is -2.30. The lowest BCUT2D eigenvalue weighted by atomic mass is 9.86. The van der Waals surface area contributed by atoms with Gasteiger partial charge in [-0.15, -0.1) is 0 Å². The molecule has 2 rings (SSSR count). The number of rotatable bonds is 3. The van der Waals surface area contributed by atoms with Crippen LogP contribution in [0.3, 0.4) is 0 Å². The summed E-state index contributed by atoms with van der Waals surface area (Å²) < 4.78 is 0. The Hall–Kier alpha value is -0.860. The summed E-state index contributed by atoms with van der Waals surface area (Å²) in [5.41, 5.74) is 9.18. The Morgan fingerprint density at radius 2 is 1.89 bits per heavy atom. The van der Waals surface area contributed by atoms with Crippen molar-refractivity contribution in [2.24, 2.45) is 11.7 Å². The van der Waals surface area contributed by atoms with Crippen LogP contribution in [0.2, 0.25) is 0 Å². The Morgan fingerprint density at radius 1 is 1.26 bits per heavy atom. The van der Waals surface area contributed by atoms with Crippen molar-refractivity contribution < 1.29 is 0 Å². The highest BCUT2D eigenvalue weighted by molar-refractivity contribution is 5.29. The average molecular weight is 260 g/mol. The largest absolute Gasteiger partial charge is 0.323 e. The molecule has 2 unspecified atom stereocenters. The van der Waals surface area contributed by atoms with Crippen molar-refractivity contribution in [3.05, 3.63) is 35.4 Å². The van der Waals surface area contributed by atoms with Gasteiger partial charge < -0.3 is 10.6 Å². The second kappa shape index (κ2) is 5.64. The van der Waals surface area contributed by atoms with E-state index >= 15 is 0 Å². The van der Waals surface area contributed by atoms with E-state index in [0.29, 0.717) is 0 Å². The van der Waals surface area contributed by atoms with Crippen LogP contribution >= 0.6 is 0 Å². The Balaban J connectivity index is 1.98. The van der Waals surface area contributed by atoms with Gasteiger partial charge in [-0.1, -0.05) is 52.0 Å². The summed E-state index contributed by atoms with van der Waals surface area (Å²) in [6, 6.07) is 8.98. The molecule has 1 fully saturated rings. The van der Waals surface area contributed by atoms with Gasteiger partial charge in [0, 0.05) is 19.1 Å². The Morgan fingerprint density at radius 3 is 2.37 bits per heavy atom. The zero-order chi connectivity index (χ0) is 14.0.